The Kier molecular flexibility index (Phi) is 5.25. The quantitative estimate of drug-likeness (QED) is 0.605. The standard InChI is InChI=1S/C9H19NO2S/c1-5-10(8-9(2)3)6-7-13(4,11)12/h2,5-8H2,1,3-4H3. The number of sulfone groups is 1. The van der Waals surface area contributed by atoms with Crippen LogP contribution in [0.4, 0.5) is 0 Å². The lowest BCUT2D eigenvalue weighted by Crippen LogP contribution is -2.30. The number of hydrogen-bond acceptors (Lipinski definition) is 3. The van der Waals surface area contributed by atoms with Crippen LogP contribution in [0.2, 0.25) is 0 Å². The zero-order valence-electron chi connectivity index (χ0n) is 8.71. The molecule has 0 radical (unpaired) electrons. The molecule has 0 aliphatic heterocycles. The van der Waals surface area contributed by atoms with Crippen LogP contribution >= 0.6 is 0 Å². The Balaban J connectivity index is 3.93. The van der Waals surface area contributed by atoms with Gasteiger partial charge in [0, 0.05) is 19.3 Å². The van der Waals surface area contributed by atoms with E-state index in [4.69, 9.17) is 0 Å². The first-order chi connectivity index (χ1) is 5.85. The zero-order valence-corrected chi connectivity index (χ0v) is 9.52. The Morgan fingerprint density at radius 2 is 2.00 bits per heavy atom. The van der Waals surface area contributed by atoms with Crippen molar-refractivity contribution in [3.63, 3.8) is 0 Å². The van der Waals surface area contributed by atoms with Crippen molar-refractivity contribution in [2.45, 2.75) is 13.8 Å². The van der Waals surface area contributed by atoms with Crippen LogP contribution in [-0.2, 0) is 9.84 Å². The van der Waals surface area contributed by atoms with Crippen LogP contribution in [0.5, 0.6) is 0 Å². The van der Waals surface area contributed by atoms with E-state index < -0.39 is 9.84 Å². The Bertz CT molecular complexity index is 257. The van der Waals surface area contributed by atoms with E-state index in [1.807, 2.05) is 13.8 Å². The van der Waals surface area contributed by atoms with Crippen molar-refractivity contribution in [3.8, 4) is 0 Å². The summed E-state index contributed by atoms with van der Waals surface area (Å²) in [5.74, 6) is 0.230. The van der Waals surface area contributed by atoms with Crippen LogP contribution in [-0.4, -0.2) is 45.0 Å². The van der Waals surface area contributed by atoms with E-state index in [2.05, 4.69) is 11.5 Å². The van der Waals surface area contributed by atoms with Crippen LogP contribution < -0.4 is 0 Å². The summed E-state index contributed by atoms with van der Waals surface area (Å²) in [6, 6.07) is 0. The van der Waals surface area contributed by atoms with Gasteiger partial charge in [-0.25, -0.2) is 8.42 Å². The Morgan fingerprint density at radius 3 is 2.31 bits per heavy atom. The van der Waals surface area contributed by atoms with Gasteiger partial charge in [0.15, 0.2) is 0 Å². The Hall–Kier alpha value is -0.350. The summed E-state index contributed by atoms with van der Waals surface area (Å²) < 4.78 is 21.8. The van der Waals surface area contributed by atoms with Gasteiger partial charge in [0.1, 0.15) is 9.84 Å². The monoisotopic (exact) mass is 205 g/mol. The van der Waals surface area contributed by atoms with E-state index in [0.29, 0.717) is 6.54 Å². The molecule has 0 aromatic carbocycles. The van der Waals surface area contributed by atoms with Gasteiger partial charge in [0.05, 0.1) is 5.75 Å². The van der Waals surface area contributed by atoms with Crippen LogP contribution in [0.15, 0.2) is 12.2 Å². The summed E-state index contributed by atoms with van der Waals surface area (Å²) in [4.78, 5) is 2.07. The maximum Gasteiger partial charge on any atom is 0.148 e. The molecule has 4 heteroatoms. The molecule has 0 aromatic heterocycles. The highest BCUT2D eigenvalue weighted by Crippen LogP contribution is 1.96. The van der Waals surface area contributed by atoms with Gasteiger partial charge in [-0.05, 0) is 13.5 Å². The van der Waals surface area contributed by atoms with Gasteiger partial charge in [-0.1, -0.05) is 19.1 Å². The molecular formula is C9H19NO2S. The third kappa shape index (κ3) is 7.99. The summed E-state index contributed by atoms with van der Waals surface area (Å²) in [5, 5.41) is 0. The van der Waals surface area contributed by atoms with E-state index in [-0.39, 0.29) is 5.75 Å². The van der Waals surface area contributed by atoms with Crippen molar-refractivity contribution in [1.29, 1.82) is 0 Å². The minimum atomic E-state index is -2.84. The molecule has 0 saturated heterocycles. The third-order valence-electron chi connectivity index (χ3n) is 1.72. The molecule has 0 saturated carbocycles. The number of nitrogens with zero attached hydrogens (tertiary/aromatic N) is 1. The maximum atomic E-state index is 10.9. The van der Waals surface area contributed by atoms with Crippen molar-refractivity contribution in [2.24, 2.45) is 0 Å². The van der Waals surface area contributed by atoms with E-state index in [0.717, 1.165) is 18.7 Å². The average Bonchev–Trinajstić information content (AvgIpc) is 1.95. The molecule has 0 aromatic rings. The molecule has 0 atom stereocenters. The molecule has 0 rings (SSSR count). The highest BCUT2D eigenvalue weighted by atomic mass is 32.2. The summed E-state index contributed by atoms with van der Waals surface area (Å²) in [7, 11) is -2.84. The summed E-state index contributed by atoms with van der Waals surface area (Å²) in [5.41, 5.74) is 1.07. The lowest BCUT2D eigenvalue weighted by Gasteiger charge is -2.19. The first kappa shape index (κ1) is 12.7. The SMILES string of the molecule is C=C(C)CN(CC)CCS(C)(=O)=O. The lowest BCUT2D eigenvalue weighted by molar-refractivity contribution is 0.331. The molecule has 0 fully saturated rings. The molecule has 0 bridgehead atoms. The van der Waals surface area contributed by atoms with E-state index >= 15 is 0 Å². The predicted molar refractivity (Wildman–Crippen MR) is 56.6 cm³/mol. The van der Waals surface area contributed by atoms with Crippen molar-refractivity contribution in [2.75, 3.05) is 31.6 Å². The number of rotatable bonds is 6. The Morgan fingerprint density at radius 1 is 1.46 bits per heavy atom. The molecule has 0 amide bonds. The predicted octanol–water partition coefficient (Wildman–Crippen LogP) is 0.929. The maximum absolute atomic E-state index is 10.9. The van der Waals surface area contributed by atoms with Crippen LogP contribution in [0, 0.1) is 0 Å². The second-order valence-electron chi connectivity index (χ2n) is 3.46. The molecule has 13 heavy (non-hydrogen) atoms. The Labute approximate surface area is 81.4 Å². The van der Waals surface area contributed by atoms with Crippen LogP contribution in [0.3, 0.4) is 0 Å². The van der Waals surface area contributed by atoms with Crippen molar-refractivity contribution < 1.29 is 8.42 Å². The van der Waals surface area contributed by atoms with Gasteiger partial charge in [-0.15, -0.1) is 0 Å². The average molecular weight is 205 g/mol. The summed E-state index contributed by atoms with van der Waals surface area (Å²) >= 11 is 0. The fourth-order valence-corrected chi connectivity index (χ4v) is 1.62. The van der Waals surface area contributed by atoms with Gasteiger partial charge in [-0.3, -0.25) is 4.90 Å². The van der Waals surface area contributed by atoms with Gasteiger partial charge in [-0.2, -0.15) is 0 Å². The molecule has 78 valence electrons. The fraction of sp³-hybridized carbons (Fsp3) is 0.778. The minimum Gasteiger partial charge on any atom is -0.299 e. The van der Waals surface area contributed by atoms with Crippen LogP contribution in [0.25, 0.3) is 0 Å². The molecule has 0 aliphatic carbocycles. The smallest absolute Gasteiger partial charge is 0.148 e. The number of hydrogen-bond donors (Lipinski definition) is 0. The van der Waals surface area contributed by atoms with Gasteiger partial charge < -0.3 is 0 Å². The normalized spacial score (nSPS) is 12.0. The highest BCUT2D eigenvalue weighted by molar-refractivity contribution is 7.90. The molecule has 0 unspecified atom stereocenters. The fourth-order valence-electron chi connectivity index (χ4n) is 1.03. The van der Waals surface area contributed by atoms with Crippen molar-refractivity contribution in [3.05, 3.63) is 12.2 Å². The highest BCUT2D eigenvalue weighted by Gasteiger charge is 2.07. The van der Waals surface area contributed by atoms with Crippen LogP contribution in [0.1, 0.15) is 13.8 Å². The van der Waals surface area contributed by atoms with E-state index in [1.165, 1.54) is 6.26 Å². The second-order valence-corrected chi connectivity index (χ2v) is 5.72. The van der Waals surface area contributed by atoms with E-state index in [9.17, 15) is 8.42 Å². The number of likely N-dealkylation sites (N-methyl/N-ethyl adjacent to an activating group) is 1. The molecule has 0 aliphatic rings. The third-order valence-corrected chi connectivity index (χ3v) is 2.64. The first-order valence-electron chi connectivity index (χ1n) is 4.39. The largest absolute Gasteiger partial charge is 0.299 e. The topological polar surface area (TPSA) is 37.4 Å². The molecule has 0 N–H and O–H groups in total. The minimum absolute atomic E-state index is 0.230. The first-order valence-corrected chi connectivity index (χ1v) is 6.45. The molecule has 0 heterocycles. The lowest BCUT2D eigenvalue weighted by atomic mass is 10.3. The molecule has 3 nitrogen and oxygen atoms in total. The van der Waals surface area contributed by atoms with Crippen molar-refractivity contribution in [1.82, 2.24) is 4.90 Å². The molecular weight excluding hydrogens is 186 g/mol. The zero-order chi connectivity index (χ0) is 10.5. The molecule has 0 spiro atoms. The van der Waals surface area contributed by atoms with Crippen molar-refractivity contribution >= 4 is 9.84 Å². The summed E-state index contributed by atoms with van der Waals surface area (Å²) in [6.07, 6.45) is 1.27. The second kappa shape index (κ2) is 5.40. The van der Waals surface area contributed by atoms with Gasteiger partial charge in [0.2, 0.25) is 0 Å². The van der Waals surface area contributed by atoms with E-state index in [1.54, 1.807) is 0 Å². The van der Waals surface area contributed by atoms with Gasteiger partial charge >= 0.3 is 0 Å². The summed E-state index contributed by atoms with van der Waals surface area (Å²) in [6.45, 7) is 10.0. The van der Waals surface area contributed by atoms with Gasteiger partial charge in [0.25, 0.3) is 0 Å².